The number of sulfone groups is 1. The number of amides is 1. The van der Waals surface area contributed by atoms with E-state index in [1.165, 1.54) is 11.8 Å². The first-order valence-electron chi connectivity index (χ1n) is 7.97. The van der Waals surface area contributed by atoms with E-state index >= 15 is 0 Å². The van der Waals surface area contributed by atoms with Crippen LogP contribution in [0.4, 0.5) is 0 Å². The molecule has 1 amide bonds. The molecule has 2 aromatic rings. The molecule has 1 aromatic carbocycles. The molecule has 1 aliphatic rings. The number of H-pyrrole nitrogens is 1. The third-order valence-corrected chi connectivity index (χ3v) is 6.87. The second kappa shape index (κ2) is 6.76. The summed E-state index contributed by atoms with van der Waals surface area (Å²) in [7, 11) is -2.99. The van der Waals surface area contributed by atoms with E-state index < -0.39 is 9.84 Å². The molecule has 8 heteroatoms. The van der Waals surface area contributed by atoms with Crippen LogP contribution in [0.2, 0.25) is 0 Å². The summed E-state index contributed by atoms with van der Waals surface area (Å²) in [6.45, 7) is 4.43. The fourth-order valence-corrected chi connectivity index (χ4v) is 5.54. The van der Waals surface area contributed by atoms with Crippen molar-refractivity contribution in [1.82, 2.24) is 14.9 Å². The monoisotopic (exact) mass is 367 g/mol. The Bertz CT molecular complexity index is 861. The predicted molar refractivity (Wildman–Crippen MR) is 96.0 cm³/mol. The molecular weight excluding hydrogens is 346 g/mol. The van der Waals surface area contributed by atoms with E-state index in [-0.39, 0.29) is 29.2 Å². The van der Waals surface area contributed by atoms with E-state index in [1.807, 2.05) is 32.0 Å². The summed E-state index contributed by atoms with van der Waals surface area (Å²) < 4.78 is 23.3. The molecule has 1 fully saturated rings. The maximum atomic E-state index is 12.5. The van der Waals surface area contributed by atoms with Crippen LogP contribution in [0.25, 0.3) is 11.0 Å². The van der Waals surface area contributed by atoms with Crippen LogP contribution in [0.1, 0.15) is 18.9 Å². The Hall–Kier alpha value is -1.54. The zero-order valence-corrected chi connectivity index (χ0v) is 15.4. The van der Waals surface area contributed by atoms with Crippen molar-refractivity contribution in [1.29, 1.82) is 0 Å². The molecule has 1 aliphatic heterocycles. The number of hydrogen-bond donors (Lipinski definition) is 1. The number of rotatable bonds is 5. The number of thioether (sulfide) groups is 1. The van der Waals surface area contributed by atoms with Gasteiger partial charge in [0.15, 0.2) is 15.0 Å². The fourth-order valence-electron chi connectivity index (χ4n) is 3.04. The summed E-state index contributed by atoms with van der Waals surface area (Å²) in [5, 5.41) is 0.707. The smallest absolute Gasteiger partial charge is 0.233 e. The maximum absolute atomic E-state index is 12.5. The molecule has 1 atom stereocenters. The van der Waals surface area contributed by atoms with Gasteiger partial charge in [-0.05, 0) is 38.0 Å². The van der Waals surface area contributed by atoms with Crippen LogP contribution in [0.3, 0.4) is 0 Å². The van der Waals surface area contributed by atoms with Gasteiger partial charge < -0.3 is 9.88 Å². The minimum atomic E-state index is -2.99. The van der Waals surface area contributed by atoms with Gasteiger partial charge in [-0.3, -0.25) is 4.79 Å². The van der Waals surface area contributed by atoms with E-state index in [9.17, 15) is 13.2 Å². The molecule has 6 nitrogen and oxygen atoms in total. The van der Waals surface area contributed by atoms with E-state index in [4.69, 9.17) is 0 Å². The minimum absolute atomic E-state index is 0.0405. The lowest BCUT2D eigenvalue weighted by Crippen LogP contribution is -2.41. The summed E-state index contributed by atoms with van der Waals surface area (Å²) in [5.41, 5.74) is 2.99. The maximum Gasteiger partial charge on any atom is 0.233 e. The Morgan fingerprint density at radius 2 is 2.25 bits per heavy atom. The van der Waals surface area contributed by atoms with Crippen molar-refractivity contribution in [3.05, 3.63) is 23.8 Å². The standard InChI is InChI=1S/C16H21N3O3S2/c1-3-19(12-6-7-24(21,22)10-12)15(20)9-23-16-17-13-5-4-11(2)8-14(13)18-16/h4-5,8,12H,3,6-7,9-10H2,1-2H3,(H,17,18)/t12-/m0/s1. The average molecular weight is 367 g/mol. The topological polar surface area (TPSA) is 83.1 Å². The molecule has 0 saturated carbocycles. The molecule has 1 aromatic heterocycles. The summed E-state index contributed by atoms with van der Waals surface area (Å²) in [4.78, 5) is 21.9. The van der Waals surface area contributed by atoms with E-state index in [2.05, 4.69) is 9.97 Å². The summed E-state index contributed by atoms with van der Waals surface area (Å²) >= 11 is 1.36. The largest absolute Gasteiger partial charge is 0.338 e. The Kier molecular flexibility index (Phi) is 4.87. The molecule has 0 spiro atoms. The third-order valence-electron chi connectivity index (χ3n) is 4.26. The molecule has 24 heavy (non-hydrogen) atoms. The third kappa shape index (κ3) is 3.75. The van der Waals surface area contributed by atoms with Crippen LogP contribution in [0.15, 0.2) is 23.4 Å². The highest BCUT2D eigenvalue weighted by Crippen LogP contribution is 2.23. The summed E-state index contributed by atoms with van der Waals surface area (Å²) in [5.74, 6) is 0.475. The van der Waals surface area contributed by atoms with Crippen molar-refractivity contribution in [2.24, 2.45) is 0 Å². The number of benzene rings is 1. The fraction of sp³-hybridized carbons (Fsp3) is 0.500. The van der Waals surface area contributed by atoms with Crippen LogP contribution in [-0.2, 0) is 14.6 Å². The normalized spacial score (nSPS) is 19.7. The number of aromatic nitrogens is 2. The zero-order valence-electron chi connectivity index (χ0n) is 13.8. The van der Waals surface area contributed by atoms with Crippen molar-refractivity contribution in [2.75, 3.05) is 23.8 Å². The van der Waals surface area contributed by atoms with Gasteiger partial charge in [-0.2, -0.15) is 0 Å². The van der Waals surface area contributed by atoms with Gasteiger partial charge in [0.1, 0.15) is 0 Å². The highest BCUT2D eigenvalue weighted by molar-refractivity contribution is 7.99. The first kappa shape index (κ1) is 17.3. The van der Waals surface area contributed by atoms with Gasteiger partial charge >= 0.3 is 0 Å². The first-order valence-corrected chi connectivity index (χ1v) is 10.8. The van der Waals surface area contributed by atoms with Crippen LogP contribution < -0.4 is 0 Å². The Balaban J connectivity index is 1.64. The molecule has 0 aliphatic carbocycles. The van der Waals surface area contributed by atoms with Gasteiger partial charge in [0.25, 0.3) is 0 Å². The van der Waals surface area contributed by atoms with Gasteiger partial charge in [0, 0.05) is 12.6 Å². The number of nitrogens with one attached hydrogen (secondary N) is 1. The SMILES string of the molecule is CCN(C(=O)CSc1nc2ccc(C)cc2[nH]1)[C@H]1CCS(=O)(=O)C1. The predicted octanol–water partition coefficient (Wildman–Crippen LogP) is 2.00. The van der Waals surface area contributed by atoms with Gasteiger partial charge in [-0.1, -0.05) is 17.8 Å². The number of carbonyl (C=O) groups is 1. The lowest BCUT2D eigenvalue weighted by atomic mass is 10.2. The van der Waals surface area contributed by atoms with Crippen molar-refractivity contribution >= 4 is 38.5 Å². The molecule has 0 bridgehead atoms. The number of carbonyl (C=O) groups excluding carboxylic acids is 1. The summed E-state index contributed by atoms with van der Waals surface area (Å²) in [6, 6.07) is 5.79. The quantitative estimate of drug-likeness (QED) is 0.817. The molecule has 1 saturated heterocycles. The molecule has 3 rings (SSSR count). The van der Waals surface area contributed by atoms with Crippen LogP contribution in [0.5, 0.6) is 0 Å². The molecule has 0 radical (unpaired) electrons. The molecule has 130 valence electrons. The molecule has 0 unspecified atom stereocenters. The van der Waals surface area contributed by atoms with Gasteiger partial charge in [0.2, 0.25) is 5.91 Å². The summed E-state index contributed by atoms with van der Waals surface area (Å²) in [6.07, 6.45) is 0.538. The van der Waals surface area contributed by atoms with Crippen LogP contribution in [-0.4, -0.2) is 59.0 Å². The molecule has 2 heterocycles. The number of hydrogen-bond acceptors (Lipinski definition) is 5. The van der Waals surface area contributed by atoms with Crippen LogP contribution in [0, 0.1) is 6.92 Å². The van der Waals surface area contributed by atoms with Crippen molar-refractivity contribution in [2.45, 2.75) is 31.5 Å². The second-order valence-electron chi connectivity index (χ2n) is 6.09. The number of imidazole rings is 1. The van der Waals surface area contributed by atoms with E-state index in [1.54, 1.807) is 4.90 Å². The Labute approximate surface area is 145 Å². The van der Waals surface area contributed by atoms with Crippen LogP contribution >= 0.6 is 11.8 Å². The number of aryl methyl sites for hydroxylation is 1. The number of aromatic amines is 1. The first-order chi connectivity index (χ1) is 11.4. The lowest BCUT2D eigenvalue weighted by Gasteiger charge is -2.26. The van der Waals surface area contributed by atoms with Gasteiger partial charge in [-0.25, -0.2) is 13.4 Å². The van der Waals surface area contributed by atoms with Crippen molar-refractivity contribution < 1.29 is 13.2 Å². The van der Waals surface area contributed by atoms with Gasteiger partial charge in [0.05, 0.1) is 28.3 Å². The Morgan fingerprint density at radius 3 is 2.92 bits per heavy atom. The number of fused-ring (bicyclic) bond motifs is 1. The minimum Gasteiger partial charge on any atom is -0.338 e. The Morgan fingerprint density at radius 1 is 1.46 bits per heavy atom. The van der Waals surface area contributed by atoms with Gasteiger partial charge in [-0.15, -0.1) is 0 Å². The van der Waals surface area contributed by atoms with E-state index in [0.717, 1.165) is 16.6 Å². The molecular formula is C16H21N3O3S2. The highest BCUT2D eigenvalue weighted by Gasteiger charge is 2.33. The number of nitrogens with zero attached hydrogens (tertiary/aromatic N) is 2. The second-order valence-corrected chi connectivity index (χ2v) is 9.28. The van der Waals surface area contributed by atoms with Crippen molar-refractivity contribution in [3.8, 4) is 0 Å². The highest BCUT2D eigenvalue weighted by atomic mass is 32.2. The lowest BCUT2D eigenvalue weighted by molar-refractivity contribution is -0.129. The molecule has 1 N–H and O–H groups in total. The average Bonchev–Trinajstić information content (AvgIpc) is 3.08. The van der Waals surface area contributed by atoms with Crippen molar-refractivity contribution in [3.63, 3.8) is 0 Å². The zero-order chi connectivity index (χ0) is 17.3. The van der Waals surface area contributed by atoms with E-state index in [0.29, 0.717) is 18.1 Å².